The first kappa shape index (κ1) is 17.0. The molecule has 2 heterocycles. The van der Waals surface area contributed by atoms with Gasteiger partial charge in [0.05, 0.1) is 5.71 Å². The first-order valence-corrected chi connectivity index (χ1v) is 8.62. The molecule has 0 saturated heterocycles. The predicted octanol–water partition coefficient (Wildman–Crippen LogP) is 4.23. The molecule has 4 rings (SSSR count). The summed E-state index contributed by atoms with van der Waals surface area (Å²) in [4.78, 5) is 16.3. The van der Waals surface area contributed by atoms with Crippen molar-refractivity contribution in [2.75, 3.05) is 11.1 Å². The normalized spacial score (nSPS) is 14.1. The lowest BCUT2D eigenvalue weighted by atomic mass is 9.98. The van der Waals surface area contributed by atoms with Gasteiger partial charge in [0.25, 0.3) is 5.91 Å². The van der Waals surface area contributed by atoms with Gasteiger partial charge in [-0.2, -0.15) is 0 Å². The van der Waals surface area contributed by atoms with E-state index in [1.807, 2.05) is 12.1 Å². The zero-order chi connectivity index (χ0) is 19.0. The number of hydrogen-bond acceptors (Lipinski definition) is 4. The molecule has 0 atom stereocenters. The van der Waals surface area contributed by atoms with Crippen LogP contribution in [0.3, 0.4) is 0 Å². The zero-order valence-electron chi connectivity index (χ0n) is 14.2. The molecule has 27 heavy (non-hydrogen) atoms. The molecular weight excluding hydrogens is 360 g/mol. The third-order valence-corrected chi connectivity index (χ3v) is 4.61. The molecule has 2 aromatic carbocycles. The van der Waals surface area contributed by atoms with Crippen LogP contribution in [0.15, 0.2) is 60.9 Å². The van der Waals surface area contributed by atoms with Crippen molar-refractivity contribution in [1.29, 1.82) is 5.41 Å². The maximum atomic E-state index is 12.3. The Kier molecular flexibility index (Phi) is 4.22. The lowest BCUT2D eigenvalue weighted by molar-refractivity contribution is -0.110. The average molecular weight is 375 g/mol. The van der Waals surface area contributed by atoms with E-state index in [-0.39, 0.29) is 5.91 Å². The van der Waals surface area contributed by atoms with Crippen LogP contribution in [-0.4, -0.2) is 16.6 Å². The number of nitrogens with two attached hydrogens (primary N) is 1. The number of nitrogens with one attached hydrogen (secondary N) is 2. The van der Waals surface area contributed by atoms with Gasteiger partial charge in [0.1, 0.15) is 0 Å². The zero-order valence-corrected chi connectivity index (χ0v) is 14.9. The number of rotatable bonds is 3. The van der Waals surface area contributed by atoms with Crippen LogP contribution in [0.4, 0.5) is 11.4 Å². The van der Waals surface area contributed by atoms with Crippen molar-refractivity contribution in [2.45, 2.75) is 0 Å². The smallest absolute Gasteiger partial charge is 0.256 e. The average Bonchev–Trinajstić information content (AvgIpc) is 2.97. The van der Waals surface area contributed by atoms with Gasteiger partial charge in [-0.1, -0.05) is 23.7 Å². The highest BCUT2D eigenvalue weighted by Gasteiger charge is 2.24. The number of carbonyl (C=O) groups excluding carboxylic acids is 1. The molecular formula is C21H15ClN4O. The van der Waals surface area contributed by atoms with E-state index in [1.54, 1.807) is 54.9 Å². The van der Waals surface area contributed by atoms with Gasteiger partial charge in [0.2, 0.25) is 0 Å². The number of hydrogen-bond donors (Lipinski definition) is 3. The van der Waals surface area contributed by atoms with E-state index in [2.05, 4.69) is 10.3 Å². The molecule has 0 bridgehead atoms. The Hall–Kier alpha value is -3.44. The van der Waals surface area contributed by atoms with Crippen molar-refractivity contribution in [2.24, 2.45) is 0 Å². The number of nitrogens with zero attached hydrogens (tertiary/aromatic N) is 1. The minimum absolute atomic E-state index is 0.182. The highest BCUT2D eigenvalue weighted by atomic mass is 35.5. The largest absolute Gasteiger partial charge is 0.398 e. The number of fused-ring (bicyclic) bond motifs is 1. The number of pyridine rings is 1. The summed E-state index contributed by atoms with van der Waals surface area (Å²) in [5, 5.41) is 11.7. The summed E-state index contributed by atoms with van der Waals surface area (Å²) >= 11 is 6.06. The van der Waals surface area contributed by atoms with Crippen LogP contribution < -0.4 is 11.1 Å². The van der Waals surface area contributed by atoms with Crippen LogP contribution in [0.25, 0.3) is 11.6 Å². The summed E-state index contributed by atoms with van der Waals surface area (Å²) in [7, 11) is 0. The summed E-state index contributed by atoms with van der Waals surface area (Å²) in [6.07, 6.45) is 5.05. The fraction of sp³-hybridized carbons (Fsp3) is 0. The Morgan fingerprint density at radius 1 is 1.19 bits per heavy atom. The number of nitrogen functional groups attached to an aromatic ring is 1. The van der Waals surface area contributed by atoms with Crippen LogP contribution in [0.5, 0.6) is 0 Å². The summed E-state index contributed by atoms with van der Waals surface area (Å²) in [6, 6.07) is 14.2. The minimum Gasteiger partial charge on any atom is -0.398 e. The van der Waals surface area contributed by atoms with Gasteiger partial charge in [0, 0.05) is 51.1 Å². The summed E-state index contributed by atoms with van der Waals surface area (Å²) in [5.41, 5.74) is 11.0. The second-order valence-electron chi connectivity index (χ2n) is 6.17. The molecule has 0 radical (unpaired) electrons. The van der Waals surface area contributed by atoms with Crippen molar-refractivity contribution in [3.05, 3.63) is 88.2 Å². The van der Waals surface area contributed by atoms with Crippen molar-refractivity contribution < 1.29 is 4.79 Å². The Morgan fingerprint density at radius 3 is 2.78 bits per heavy atom. The molecule has 0 fully saturated rings. The first-order valence-electron chi connectivity index (χ1n) is 8.25. The molecule has 1 aliphatic heterocycles. The molecule has 1 amide bonds. The molecule has 132 valence electrons. The monoisotopic (exact) mass is 374 g/mol. The Balaban J connectivity index is 1.70. The van der Waals surface area contributed by atoms with Gasteiger partial charge in [-0.25, -0.2) is 0 Å². The third kappa shape index (κ3) is 3.20. The fourth-order valence-electron chi connectivity index (χ4n) is 3.04. The van der Waals surface area contributed by atoms with Gasteiger partial charge in [-0.05, 0) is 48.0 Å². The summed E-state index contributed by atoms with van der Waals surface area (Å²) in [5.74, 6) is -0.182. The van der Waals surface area contributed by atoms with E-state index in [1.165, 1.54) is 0 Å². The van der Waals surface area contributed by atoms with Crippen molar-refractivity contribution in [3.63, 3.8) is 0 Å². The van der Waals surface area contributed by atoms with Crippen LogP contribution in [0, 0.1) is 5.41 Å². The fourth-order valence-corrected chi connectivity index (χ4v) is 3.21. The first-order chi connectivity index (χ1) is 13.0. The lowest BCUT2D eigenvalue weighted by Crippen LogP contribution is -2.06. The molecule has 1 aromatic heterocycles. The summed E-state index contributed by atoms with van der Waals surface area (Å²) < 4.78 is 0. The van der Waals surface area contributed by atoms with E-state index in [4.69, 9.17) is 22.7 Å². The number of halogens is 1. The second kappa shape index (κ2) is 6.70. The number of aromatic nitrogens is 1. The molecule has 3 aromatic rings. The number of benzene rings is 2. The van der Waals surface area contributed by atoms with Crippen LogP contribution in [0.1, 0.15) is 22.3 Å². The Labute approximate surface area is 161 Å². The SMILES string of the molecule is N=C(c1cccnc1)c1ccc(/C=C2/C(=O)Nc3ccc(Cl)cc32)cc1N. The highest BCUT2D eigenvalue weighted by molar-refractivity contribution is 6.36. The number of anilines is 2. The van der Waals surface area contributed by atoms with Crippen molar-refractivity contribution in [1.82, 2.24) is 4.98 Å². The highest BCUT2D eigenvalue weighted by Crippen LogP contribution is 2.35. The molecule has 0 aliphatic carbocycles. The van der Waals surface area contributed by atoms with Gasteiger partial charge >= 0.3 is 0 Å². The molecule has 0 saturated carbocycles. The van der Waals surface area contributed by atoms with E-state index in [0.717, 1.165) is 16.8 Å². The Morgan fingerprint density at radius 2 is 2.04 bits per heavy atom. The molecule has 0 unspecified atom stereocenters. The van der Waals surface area contributed by atoms with Crippen molar-refractivity contribution >= 4 is 46.2 Å². The molecule has 5 nitrogen and oxygen atoms in total. The Bertz CT molecular complexity index is 1110. The van der Waals surface area contributed by atoms with Crippen LogP contribution >= 0.6 is 11.6 Å². The molecule has 0 spiro atoms. The second-order valence-corrected chi connectivity index (χ2v) is 6.60. The maximum absolute atomic E-state index is 12.3. The predicted molar refractivity (Wildman–Crippen MR) is 109 cm³/mol. The topological polar surface area (TPSA) is 91.9 Å². The van der Waals surface area contributed by atoms with E-state index >= 15 is 0 Å². The lowest BCUT2D eigenvalue weighted by Gasteiger charge is -2.09. The van der Waals surface area contributed by atoms with Gasteiger partial charge in [-0.15, -0.1) is 0 Å². The van der Waals surface area contributed by atoms with Gasteiger partial charge in [0.15, 0.2) is 0 Å². The molecule has 6 heteroatoms. The van der Waals surface area contributed by atoms with E-state index < -0.39 is 0 Å². The van der Waals surface area contributed by atoms with E-state index in [0.29, 0.717) is 33.1 Å². The molecule has 4 N–H and O–H groups in total. The quantitative estimate of drug-likeness (QED) is 0.364. The third-order valence-electron chi connectivity index (χ3n) is 4.37. The van der Waals surface area contributed by atoms with Crippen LogP contribution in [-0.2, 0) is 4.79 Å². The number of amides is 1. The van der Waals surface area contributed by atoms with Gasteiger partial charge in [-0.3, -0.25) is 15.2 Å². The minimum atomic E-state index is -0.182. The standard InChI is InChI=1S/C21H15ClN4O/c22-14-4-6-19-16(10-14)17(21(27)26-19)8-12-3-5-15(18(23)9-12)20(24)13-2-1-7-25-11-13/h1-11,24H,23H2,(H,26,27)/b17-8+,24-20?. The van der Waals surface area contributed by atoms with Crippen LogP contribution in [0.2, 0.25) is 5.02 Å². The number of carbonyl (C=O) groups is 1. The summed E-state index contributed by atoms with van der Waals surface area (Å²) in [6.45, 7) is 0. The van der Waals surface area contributed by atoms with Gasteiger partial charge < -0.3 is 11.1 Å². The molecule has 1 aliphatic rings. The maximum Gasteiger partial charge on any atom is 0.256 e. The van der Waals surface area contributed by atoms with Crippen molar-refractivity contribution in [3.8, 4) is 0 Å². The van der Waals surface area contributed by atoms with E-state index in [9.17, 15) is 4.79 Å².